The summed E-state index contributed by atoms with van der Waals surface area (Å²) in [7, 11) is 0. The first-order valence-electron chi connectivity index (χ1n) is 20.6. The molecule has 1 heterocycles. The maximum atomic E-state index is 2.45. The molecule has 1 nitrogen and oxygen atoms in total. The van der Waals surface area contributed by atoms with Crippen molar-refractivity contribution in [3.63, 3.8) is 0 Å². The fourth-order valence-corrected chi connectivity index (χ4v) is 10.5. The molecule has 0 spiro atoms. The molecule has 0 saturated heterocycles. The van der Waals surface area contributed by atoms with Crippen LogP contribution in [0.5, 0.6) is 0 Å². The number of hydrogen-bond donors (Lipinski definition) is 0. The highest BCUT2D eigenvalue weighted by molar-refractivity contribution is 7.25. The number of rotatable bonds is 6. The van der Waals surface area contributed by atoms with Crippen LogP contribution in [-0.4, -0.2) is 0 Å². The summed E-state index contributed by atoms with van der Waals surface area (Å²) in [6.45, 7) is 0. The number of para-hydroxylation sites is 1. The molecule has 60 heavy (non-hydrogen) atoms. The molecule has 0 radical (unpaired) electrons. The summed E-state index contributed by atoms with van der Waals surface area (Å²) in [4.78, 5) is 2.45. The predicted molar refractivity (Wildman–Crippen MR) is 260 cm³/mol. The maximum absolute atomic E-state index is 2.45. The van der Waals surface area contributed by atoms with Gasteiger partial charge in [0.2, 0.25) is 0 Å². The Labute approximate surface area is 352 Å². The van der Waals surface area contributed by atoms with Crippen LogP contribution in [0.2, 0.25) is 0 Å². The zero-order valence-corrected chi connectivity index (χ0v) is 33.5. The Bertz CT molecular complexity index is 3610. The molecular weight excluding hydrogens is 743 g/mol. The van der Waals surface area contributed by atoms with E-state index in [1.165, 1.54) is 96.6 Å². The van der Waals surface area contributed by atoms with Gasteiger partial charge in [-0.15, -0.1) is 11.3 Å². The molecule has 2 heteroatoms. The number of nitrogens with zero attached hydrogens (tertiary/aromatic N) is 1. The molecular formula is C58H37NS. The first kappa shape index (κ1) is 34.5. The van der Waals surface area contributed by atoms with Gasteiger partial charge in [-0.25, -0.2) is 0 Å². The molecule has 12 aromatic rings. The van der Waals surface area contributed by atoms with E-state index in [-0.39, 0.29) is 0 Å². The van der Waals surface area contributed by atoms with Gasteiger partial charge in [0, 0.05) is 37.1 Å². The molecule has 0 bridgehead atoms. The van der Waals surface area contributed by atoms with Crippen LogP contribution in [0.3, 0.4) is 0 Å². The van der Waals surface area contributed by atoms with Crippen molar-refractivity contribution in [3.8, 4) is 33.4 Å². The van der Waals surface area contributed by atoms with Crippen molar-refractivity contribution in [1.29, 1.82) is 0 Å². The van der Waals surface area contributed by atoms with Gasteiger partial charge in [0.25, 0.3) is 0 Å². The molecule has 0 aliphatic carbocycles. The van der Waals surface area contributed by atoms with Gasteiger partial charge in [-0.1, -0.05) is 164 Å². The summed E-state index contributed by atoms with van der Waals surface area (Å²) in [5.41, 5.74) is 10.5. The lowest BCUT2D eigenvalue weighted by Crippen LogP contribution is -2.11. The topological polar surface area (TPSA) is 3.24 Å². The van der Waals surface area contributed by atoms with Crippen molar-refractivity contribution in [2.45, 2.75) is 0 Å². The zero-order chi connectivity index (χ0) is 39.6. The van der Waals surface area contributed by atoms with Gasteiger partial charge in [0.05, 0.1) is 5.69 Å². The fourth-order valence-electron chi connectivity index (χ4n) is 9.41. The van der Waals surface area contributed by atoms with Crippen molar-refractivity contribution in [2.75, 3.05) is 4.90 Å². The lowest BCUT2D eigenvalue weighted by Gasteiger charge is -2.29. The number of fused-ring (bicyclic) bond motifs is 9. The van der Waals surface area contributed by atoms with Crippen LogP contribution in [0, 0.1) is 0 Å². The van der Waals surface area contributed by atoms with E-state index in [0.717, 1.165) is 17.1 Å². The Morgan fingerprint density at radius 3 is 1.55 bits per heavy atom. The van der Waals surface area contributed by atoms with Crippen LogP contribution in [0.1, 0.15) is 0 Å². The van der Waals surface area contributed by atoms with E-state index in [0.29, 0.717) is 0 Å². The second-order valence-corrected chi connectivity index (χ2v) is 16.7. The van der Waals surface area contributed by atoms with Crippen molar-refractivity contribution in [2.24, 2.45) is 0 Å². The Hall–Kier alpha value is -7.52. The van der Waals surface area contributed by atoms with E-state index < -0.39 is 0 Å². The minimum absolute atomic E-state index is 1.10. The lowest BCUT2D eigenvalue weighted by atomic mass is 9.91. The number of hydrogen-bond acceptors (Lipinski definition) is 2. The fraction of sp³-hybridized carbons (Fsp3) is 0. The van der Waals surface area contributed by atoms with E-state index in [1.807, 2.05) is 11.3 Å². The summed E-state index contributed by atoms with van der Waals surface area (Å²) in [6, 6.07) is 82.7. The molecule has 0 aliphatic heterocycles. The third kappa shape index (κ3) is 5.68. The summed E-state index contributed by atoms with van der Waals surface area (Å²) >= 11 is 1.86. The van der Waals surface area contributed by atoms with Gasteiger partial charge >= 0.3 is 0 Å². The number of thiophene rings is 1. The summed E-state index contributed by atoms with van der Waals surface area (Å²) in [5.74, 6) is 0. The Morgan fingerprint density at radius 1 is 0.267 bits per heavy atom. The third-order valence-corrected chi connectivity index (χ3v) is 13.4. The molecule has 0 amide bonds. The first-order chi connectivity index (χ1) is 29.7. The minimum Gasteiger partial charge on any atom is -0.310 e. The highest BCUT2D eigenvalue weighted by Crippen LogP contribution is 2.46. The molecule has 0 aliphatic rings. The molecule has 0 fully saturated rings. The highest BCUT2D eigenvalue weighted by Gasteiger charge is 2.21. The quantitative estimate of drug-likeness (QED) is 0.152. The van der Waals surface area contributed by atoms with Crippen molar-refractivity contribution in [3.05, 3.63) is 224 Å². The van der Waals surface area contributed by atoms with Gasteiger partial charge in [0.15, 0.2) is 0 Å². The van der Waals surface area contributed by atoms with Crippen molar-refractivity contribution in [1.82, 2.24) is 0 Å². The van der Waals surface area contributed by atoms with Gasteiger partial charge in [0.1, 0.15) is 0 Å². The van der Waals surface area contributed by atoms with E-state index >= 15 is 0 Å². The van der Waals surface area contributed by atoms with Crippen LogP contribution in [0.4, 0.5) is 17.1 Å². The molecule has 1 aromatic heterocycles. The summed E-state index contributed by atoms with van der Waals surface area (Å²) in [6.07, 6.45) is 0. The van der Waals surface area contributed by atoms with Gasteiger partial charge in [-0.2, -0.15) is 0 Å². The smallest absolute Gasteiger partial charge is 0.0540 e. The van der Waals surface area contributed by atoms with Crippen LogP contribution < -0.4 is 4.90 Å². The molecule has 280 valence electrons. The Balaban J connectivity index is 1.06. The van der Waals surface area contributed by atoms with Gasteiger partial charge in [-0.05, 0) is 132 Å². The second kappa shape index (κ2) is 14.1. The highest BCUT2D eigenvalue weighted by atomic mass is 32.1. The number of benzene rings is 11. The second-order valence-electron chi connectivity index (χ2n) is 15.6. The van der Waals surface area contributed by atoms with E-state index in [9.17, 15) is 0 Å². The molecule has 0 atom stereocenters. The molecule has 12 rings (SSSR count). The number of anilines is 3. The van der Waals surface area contributed by atoms with Crippen LogP contribution in [-0.2, 0) is 0 Å². The molecule has 0 N–H and O–H groups in total. The Kier molecular flexibility index (Phi) is 8.11. The van der Waals surface area contributed by atoms with Gasteiger partial charge in [-0.3, -0.25) is 0 Å². The monoisotopic (exact) mass is 779 g/mol. The maximum Gasteiger partial charge on any atom is 0.0540 e. The van der Waals surface area contributed by atoms with Crippen molar-refractivity contribution < 1.29 is 0 Å². The average molecular weight is 780 g/mol. The molecule has 0 unspecified atom stereocenters. The van der Waals surface area contributed by atoms with Gasteiger partial charge < -0.3 is 4.90 Å². The van der Waals surface area contributed by atoms with E-state index in [4.69, 9.17) is 0 Å². The first-order valence-corrected chi connectivity index (χ1v) is 21.4. The van der Waals surface area contributed by atoms with Crippen molar-refractivity contribution >= 4 is 91.7 Å². The third-order valence-electron chi connectivity index (χ3n) is 12.2. The van der Waals surface area contributed by atoms with E-state index in [1.54, 1.807) is 0 Å². The predicted octanol–water partition coefficient (Wildman–Crippen LogP) is 17.1. The Morgan fingerprint density at radius 2 is 0.817 bits per heavy atom. The molecule has 11 aromatic carbocycles. The SMILES string of the molecule is c1cc(-c2cc3ccccc3c3ccccc23)cc(N(c2ccc(-c3ccc4sc5ccccc5c4c3)cc2)c2ccccc2-c2cc3ccccc3c3ccccc23)c1. The standard InChI is InChI=1S/C58H37NS/c1-3-18-45-41(14-1)36-53(49-22-7-5-20-47(45)49)40-16-13-17-44(34-40)59(43-31-28-38(29-32-43)39-30-33-58-55(35-39)52-25-10-12-27-57(52)60-58)56-26-11-9-24-51(56)54-37-42-15-2-4-19-46(42)48-21-6-8-23-50(48)54/h1-37H. The zero-order valence-electron chi connectivity index (χ0n) is 32.7. The molecule has 0 saturated carbocycles. The summed E-state index contributed by atoms with van der Waals surface area (Å²) in [5, 5.41) is 12.7. The van der Waals surface area contributed by atoms with E-state index in [2.05, 4.69) is 229 Å². The van der Waals surface area contributed by atoms with Crippen LogP contribution in [0.15, 0.2) is 224 Å². The lowest BCUT2D eigenvalue weighted by molar-refractivity contribution is 1.28. The summed E-state index contributed by atoms with van der Waals surface area (Å²) < 4.78 is 2.65. The minimum atomic E-state index is 1.10. The van der Waals surface area contributed by atoms with Crippen LogP contribution >= 0.6 is 11.3 Å². The normalized spacial score (nSPS) is 11.7. The van der Waals surface area contributed by atoms with Crippen LogP contribution in [0.25, 0.3) is 96.6 Å². The largest absolute Gasteiger partial charge is 0.310 e. The average Bonchev–Trinajstić information content (AvgIpc) is 3.70.